The summed E-state index contributed by atoms with van der Waals surface area (Å²) in [6.45, 7) is 2.52. The zero-order valence-electron chi connectivity index (χ0n) is 16.1. The second-order valence-corrected chi connectivity index (χ2v) is 9.91. The molecule has 2 heterocycles. The maximum Gasteiger partial charge on any atom is 0.228 e. The van der Waals surface area contributed by atoms with Crippen LogP contribution in [-0.4, -0.2) is 56.3 Å². The van der Waals surface area contributed by atoms with Crippen LogP contribution in [0.3, 0.4) is 0 Å². The van der Waals surface area contributed by atoms with E-state index in [-0.39, 0.29) is 35.8 Å². The number of rotatable bonds is 6. The molecule has 3 rings (SSSR count). The fourth-order valence-electron chi connectivity index (χ4n) is 3.89. The Bertz CT molecular complexity index is 804. The molecule has 1 aromatic rings. The molecule has 2 unspecified atom stereocenters. The summed E-state index contributed by atoms with van der Waals surface area (Å²) in [5.41, 5.74) is 2.07. The molecule has 0 N–H and O–H groups in total. The van der Waals surface area contributed by atoms with Gasteiger partial charge < -0.3 is 9.80 Å². The minimum atomic E-state index is -3.04. The summed E-state index contributed by atoms with van der Waals surface area (Å²) >= 11 is 0. The Hall–Kier alpha value is -1.89. The van der Waals surface area contributed by atoms with Crippen LogP contribution in [0.15, 0.2) is 24.3 Å². The van der Waals surface area contributed by atoms with Crippen LogP contribution in [0.4, 0.5) is 5.69 Å². The number of nitrogens with zero attached hydrogens (tertiary/aromatic N) is 2. The summed E-state index contributed by atoms with van der Waals surface area (Å²) in [6, 6.07) is 7.71. The van der Waals surface area contributed by atoms with Crippen LogP contribution in [0.2, 0.25) is 0 Å². The van der Waals surface area contributed by atoms with Gasteiger partial charge in [-0.1, -0.05) is 25.5 Å². The van der Waals surface area contributed by atoms with E-state index >= 15 is 0 Å². The number of anilines is 1. The number of sulfone groups is 1. The Morgan fingerprint density at radius 3 is 2.56 bits per heavy atom. The number of aryl methyl sites for hydroxylation is 1. The van der Waals surface area contributed by atoms with Crippen molar-refractivity contribution < 1.29 is 18.0 Å². The molecule has 0 aromatic heterocycles. The predicted molar refractivity (Wildman–Crippen MR) is 105 cm³/mol. The number of unbranched alkanes of at least 4 members (excludes halogenated alkanes) is 1. The maximum absolute atomic E-state index is 12.8. The minimum Gasteiger partial charge on any atom is -0.341 e. The number of carbonyl (C=O) groups excluding carboxylic acids is 2. The van der Waals surface area contributed by atoms with Gasteiger partial charge in [0.15, 0.2) is 9.84 Å². The maximum atomic E-state index is 12.8. The van der Waals surface area contributed by atoms with Gasteiger partial charge in [-0.15, -0.1) is 0 Å². The van der Waals surface area contributed by atoms with Gasteiger partial charge in [0.25, 0.3) is 0 Å². The summed E-state index contributed by atoms with van der Waals surface area (Å²) in [7, 11) is -1.39. The van der Waals surface area contributed by atoms with Crippen molar-refractivity contribution in [3.05, 3.63) is 29.8 Å². The summed E-state index contributed by atoms with van der Waals surface area (Å²) in [4.78, 5) is 28.5. The first-order valence-corrected chi connectivity index (χ1v) is 11.5. The van der Waals surface area contributed by atoms with Gasteiger partial charge in [0.1, 0.15) is 0 Å². The van der Waals surface area contributed by atoms with Crippen molar-refractivity contribution >= 4 is 27.3 Å². The van der Waals surface area contributed by atoms with Gasteiger partial charge in [-0.2, -0.15) is 0 Å². The largest absolute Gasteiger partial charge is 0.341 e. The molecule has 0 radical (unpaired) electrons. The van der Waals surface area contributed by atoms with E-state index in [1.807, 2.05) is 24.3 Å². The molecule has 0 bridgehead atoms. The first kappa shape index (κ1) is 19.9. The van der Waals surface area contributed by atoms with Crippen molar-refractivity contribution in [2.75, 3.05) is 30.0 Å². The highest BCUT2D eigenvalue weighted by Crippen LogP contribution is 2.28. The molecule has 2 saturated heterocycles. The Balaban J connectivity index is 1.63. The highest BCUT2D eigenvalue weighted by atomic mass is 32.2. The molecule has 2 aliphatic heterocycles. The Kier molecular flexibility index (Phi) is 5.89. The smallest absolute Gasteiger partial charge is 0.228 e. The highest BCUT2D eigenvalue weighted by Gasteiger charge is 2.40. The van der Waals surface area contributed by atoms with Crippen LogP contribution < -0.4 is 4.90 Å². The topological polar surface area (TPSA) is 74.8 Å². The number of hydrogen-bond donors (Lipinski definition) is 0. The summed E-state index contributed by atoms with van der Waals surface area (Å²) in [5, 5.41) is 0. The van der Waals surface area contributed by atoms with Crippen molar-refractivity contribution in [3.8, 4) is 0 Å². The molecule has 27 heavy (non-hydrogen) atoms. The standard InChI is InChI=1S/C20H28N2O4S/c1-3-4-5-15-6-8-17(9-7-15)22-13-16(12-19(22)23)20(24)21(2)18-10-11-27(25,26)14-18/h6-9,16,18H,3-5,10-14H2,1-2H3. The lowest BCUT2D eigenvalue weighted by Gasteiger charge is -2.26. The van der Waals surface area contributed by atoms with Crippen LogP contribution in [0.25, 0.3) is 0 Å². The first-order valence-electron chi connectivity index (χ1n) is 9.67. The monoisotopic (exact) mass is 392 g/mol. The Labute approximate surface area is 161 Å². The van der Waals surface area contributed by atoms with Gasteiger partial charge in [0.05, 0.1) is 17.4 Å². The van der Waals surface area contributed by atoms with Crippen molar-refractivity contribution in [3.63, 3.8) is 0 Å². The average molecular weight is 393 g/mol. The van der Waals surface area contributed by atoms with E-state index in [1.165, 1.54) is 5.56 Å². The molecule has 7 heteroatoms. The van der Waals surface area contributed by atoms with Crippen molar-refractivity contribution in [2.24, 2.45) is 5.92 Å². The molecule has 1 aromatic carbocycles. The molecule has 6 nitrogen and oxygen atoms in total. The third-order valence-electron chi connectivity index (χ3n) is 5.65. The quantitative estimate of drug-likeness (QED) is 0.742. The van der Waals surface area contributed by atoms with Gasteiger partial charge in [-0.05, 0) is 37.0 Å². The molecule has 2 fully saturated rings. The molecule has 0 saturated carbocycles. The SMILES string of the molecule is CCCCc1ccc(N2CC(C(=O)N(C)C3CCS(=O)(=O)C3)CC2=O)cc1. The minimum absolute atomic E-state index is 0.0266. The van der Waals surface area contributed by atoms with Crippen LogP contribution in [-0.2, 0) is 25.8 Å². The number of carbonyl (C=O) groups is 2. The number of amides is 2. The number of benzene rings is 1. The van der Waals surface area contributed by atoms with Gasteiger partial charge in [-0.25, -0.2) is 8.42 Å². The Morgan fingerprint density at radius 2 is 1.96 bits per heavy atom. The first-order chi connectivity index (χ1) is 12.8. The van der Waals surface area contributed by atoms with Crippen LogP contribution in [0.5, 0.6) is 0 Å². The van der Waals surface area contributed by atoms with E-state index in [1.54, 1.807) is 16.8 Å². The van der Waals surface area contributed by atoms with Crippen LogP contribution >= 0.6 is 0 Å². The summed E-state index contributed by atoms with van der Waals surface area (Å²) in [5.74, 6) is -0.436. The molecule has 2 aliphatic rings. The van der Waals surface area contributed by atoms with Gasteiger partial charge in [-0.3, -0.25) is 9.59 Å². The molecule has 2 atom stereocenters. The zero-order valence-corrected chi connectivity index (χ0v) is 16.9. The third kappa shape index (κ3) is 4.51. The van der Waals surface area contributed by atoms with Crippen LogP contribution in [0.1, 0.15) is 38.2 Å². The highest BCUT2D eigenvalue weighted by molar-refractivity contribution is 7.91. The second-order valence-electron chi connectivity index (χ2n) is 7.68. The number of hydrogen-bond acceptors (Lipinski definition) is 4. The van der Waals surface area contributed by atoms with Crippen molar-refractivity contribution in [1.29, 1.82) is 0 Å². The fourth-order valence-corrected chi connectivity index (χ4v) is 5.67. The lowest BCUT2D eigenvalue weighted by Crippen LogP contribution is -2.42. The third-order valence-corrected chi connectivity index (χ3v) is 7.40. The normalized spacial score (nSPS) is 24.4. The Morgan fingerprint density at radius 1 is 1.26 bits per heavy atom. The molecule has 148 valence electrons. The van der Waals surface area contributed by atoms with E-state index in [2.05, 4.69) is 6.92 Å². The predicted octanol–water partition coefficient (Wildman–Crippen LogP) is 2.03. The average Bonchev–Trinajstić information content (AvgIpc) is 3.21. The van der Waals surface area contributed by atoms with Crippen LogP contribution in [0, 0.1) is 5.92 Å². The lowest BCUT2D eigenvalue weighted by molar-refractivity contribution is -0.136. The lowest BCUT2D eigenvalue weighted by atomic mass is 10.1. The molecule has 0 aliphatic carbocycles. The van der Waals surface area contributed by atoms with Gasteiger partial charge in [0.2, 0.25) is 11.8 Å². The second kappa shape index (κ2) is 8.00. The zero-order chi connectivity index (χ0) is 19.6. The van der Waals surface area contributed by atoms with E-state index < -0.39 is 15.8 Å². The van der Waals surface area contributed by atoms with Gasteiger partial charge in [0, 0.05) is 31.7 Å². The molecule has 2 amide bonds. The fraction of sp³-hybridized carbons (Fsp3) is 0.600. The van der Waals surface area contributed by atoms with E-state index in [4.69, 9.17) is 0 Å². The van der Waals surface area contributed by atoms with Crippen molar-refractivity contribution in [2.45, 2.75) is 45.1 Å². The summed E-state index contributed by atoms with van der Waals surface area (Å²) in [6.07, 6.45) is 3.98. The van der Waals surface area contributed by atoms with E-state index in [0.29, 0.717) is 13.0 Å². The molecular formula is C20H28N2O4S. The molecule has 0 spiro atoms. The van der Waals surface area contributed by atoms with Crippen molar-refractivity contribution in [1.82, 2.24) is 4.90 Å². The molecular weight excluding hydrogens is 364 g/mol. The van der Waals surface area contributed by atoms with Gasteiger partial charge >= 0.3 is 0 Å². The summed E-state index contributed by atoms with van der Waals surface area (Å²) < 4.78 is 23.3. The van der Waals surface area contributed by atoms with E-state index in [9.17, 15) is 18.0 Å². The van der Waals surface area contributed by atoms with E-state index in [0.717, 1.165) is 24.9 Å².